The molecule has 1 fully saturated rings. The number of anilines is 2. The van der Waals surface area contributed by atoms with Crippen molar-refractivity contribution in [1.82, 2.24) is 0 Å². The molecule has 0 amide bonds. The Hall–Kier alpha value is -1.23. The van der Waals surface area contributed by atoms with Crippen molar-refractivity contribution in [2.24, 2.45) is 5.92 Å². The number of nitrogen functional groups attached to an aromatic ring is 1. The van der Waals surface area contributed by atoms with Gasteiger partial charge in [0.1, 0.15) is 0 Å². The molecular weight excluding hydrogens is 284 g/mol. The molecular formula is C16H24N2O2S. The van der Waals surface area contributed by atoms with E-state index in [2.05, 4.69) is 0 Å². The second-order valence-electron chi connectivity index (χ2n) is 6.30. The zero-order chi connectivity index (χ0) is 14.9. The summed E-state index contributed by atoms with van der Waals surface area (Å²) in [6.45, 7) is 0.589. The van der Waals surface area contributed by atoms with Crippen LogP contribution in [-0.2, 0) is 16.4 Å². The van der Waals surface area contributed by atoms with Gasteiger partial charge in [0.25, 0.3) is 0 Å². The molecule has 0 saturated heterocycles. The van der Waals surface area contributed by atoms with Crippen molar-refractivity contribution in [3.63, 3.8) is 0 Å². The zero-order valence-electron chi connectivity index (χ0n) is 12.4. The van der Waals surface area contributed by atoms with Crippen LogP contribution in [0.3, 0.4) is 0 Å². The van der Waals surface area contributed by atoms with Gasteiger partial charge in [0.2, 0.25) is 10.0 Å². The molecule has 2 N–H and O–H groups in total. The van der Waals surface area contributed by atoms with Gasteiger partial charge in [-0.05, 0) is 49.3 Å². The summed E-state index contributed by atoms with van der Waals surface area (Å²) < 4.78 is 27.2. The van der Waals surface area contributed by atoms with Crippen LogP contribution in [-0.4, -0.2) is 20.7 Å². The van der Waals surface area contributed by atoms with E-state index in [9.17, 15) is 8.42 Å². The van der Waals surface area contributed by atoms with E-state index >= 15 is 0 Å². The highest BCUT2D eigenvalue weighted by Crippen LogP contribution is 2.34. The smallest absolute Gasteiger partial charge is 0.235 e. The number of rotatable bonds is 3. The molecule has 1 heterocycles. The molecule has 0 atom stereocenters. The largest absolute Gasteiger partial charge is 0.398 e. The second kappa shape index (κ2) is 5.87. The summed E-state index contributed by atoms with van der Waals surface area (Å²) in [7, 11) is -3.24. The summed E-state index contributed by atoms with van der Waals surface area (Å²) in [5.41, 5.74) is 8.52. The van der Waals surface area contributed by atoms with Crippen LogP contribution >= 0.6 is 0 Å². The number of hydrogen-bond donors (Lipinski definition) is 1. The molecule has 0 bridgehead atoms. The SMILES string of the molecule is Nc1cccc2c1CCCN2S(=O)(=O)CC1CCCCC1. The highest BCUT2D eigenvalue weighted by Gasteiger charge is 2.31. The molecule has 0 unspecified atom stereocenters. The van der Waals surface area contributed by atoms with Gasteiger partial charge in [0.15, 0.2) is 0 Å². The van der Waals surface area contributed by atoms with Crippen molar-refractivity contribution in [3.05, 3.63) is 23.8 Å². The molecule has 21 heavy (non-hydrogen) atoms. The summed E-state index contributed by atoms with van der Waals surface area (Å²) in [4.78, 5) is 0. The molecule has 0 aromatic heterocycles. The molecule has 3 rings (SSSR count). The maximum Gasteiger partial charge on any atom is 0.235 e. The lowest BCUT2D eigenvalue weighted by molar-refractivity contribution is 0.384. The van der Waals surface area contributed by atoms with Crippen LogP contribution in [0.5, 0.6) is 0 Å². The van der Waals surface area contributed by atoms with Crippen LogP contribution in [0.4, 0.5) is 11.4 Å². The summed E-state index contributed by atoms with van der Waals surface area (Å²) in [5.74, 6) is 0.622. The predicted octanol–water partition coefficient (Wildman–Crippen LogP) is 2.93. The summed E-state index contributed by atoms with van der Waals surface area (Å²) >= 11 is 0. The average molecular weight is 308 g/mol. The van der Waals surface area contributed by atoms with Gasteiger partial charge in [0.05, 0.1) is 11.4 Å². The van der Waals surface area contributed by atoms with E-state index in [1.54, 1.807) is 4.31 Å². The lowest BCUT2D eigenvalue weighted by Gasteiger charge is -2.33. The van der Waals surface area contributed by atoms with Gasteiger partial charge in [0, 0.05) is 12.2 Å². The van der Waals surface area contributed by atoms with E-state index in [0.29, 0.717) is 23.9 Å². The molecule has 116 valence electrons. The van der Waals surface area contributed by atoms with Crippen molar-refractivity contribution in [3.8, 4) is 0 Å². The molecule has 0 spiro atoms. The fraction of sp³-hybridized carbons (Fsp3) is 0.625. The number of benzene rings is 1. The molecule has 5 heteroatoms. The fourth-order valence-electron chi connectivity index (χ4n) is 3.65. The quantitative estimate of drug-likeness (QED) is 0.873. The molecule has 2 aliphatic rings. The maximum atomic E-state index is 12.8. The van der Waals surface area contributed by atoms with Gasteiger partial charge >= 0.3 is 0 Å². The van der Waals surface area contributed by atoms with Crippen LogP contribution in [0.2, 0.25) is 0 Å². The topological polar surface area (TPSA) is 63.4 Å². The van der Waals surface area contributed by atoms with Crippen molar-refractivity contribution >= 4 is 21.4 Å². The molecule has 4 nitrogen and oxygen atoms in total. The van der Waals surface area contributed by atoms with E-state index < -0.39 is 10.0 Å². The Kier molecular flexibility index (Phi) is 4.11. The van der Waals surface area contributed by atoms with Gasteiger partial charge in [-0.15, -0.1) is 0 Å². The van der Waals surface area contributed by atoms with Gasteiger partial charge in [-0.1, -0.05) is 25.3 Å². The Morgan fingerprint density at radius 3 is 2.67 bits per heavy atom. The molecule has 1 aromatic carbocycles. The Balaban J connectivity index is 1.85. The highest BCUT2D eigenvalue weighted by atomic mass is 32.2. The van der Waals surface area contributed by atoms with E-state index in [4.69, 9.17) is 5.73 Å². The minimum Gasteiger partial charge on any atom is -0.398 e. The van der Waals surface area contributed by atoms with E-state index in [1.165, 1.54) is 19.3 Å². The lowest BCUT2D eigenvalue weighted by Crippen LogP contribution is -2.39. The Morgan fingerprint density at radius 1 is 1.14 bits per heavy atom. The van der Waals surface area contributed by atoms with Gasteiger partial charge < -0.3 is 5.73 Å². The Morgan fingerprint density at radius 2 is 1.90 bits per heavy atom. The molecule has 1 aliphatic heterocycles. The minimum absolute atomic E-state index is 0.293. The number of nitrogens with two attached hydrogens (primary N) is 1. The minimum atomic E-state index is -3.24. The Labute approximate surface area is 127 Å². The third-order valence-corrected chi connectivity index (χ3v) is 6.69. The van der Waals surface area contributed by atoms with E-state index in [-0.39, 0.29) is 0 Å². The Bertz CT molecular complexity index is 607. The van der Waals surface area contributed by atoms with Crippen LogP contribution in [0.15, 0.2) is 18.2 Å². The number of nitrogens with zero attached hydrogens (tertiary/aromatic N) is 1. The van der Waals surface area contributed by atoms with Gasteiger partial charge in [-0.25, -0.2) is 8.42 Å². The number of hydrogen-bond acceptors (Lipinski definition) is 3. The first kappa shape index (κ1) is 14.7. The van der Waals surface area contributed by atoms with Crippen molar-refractivity contribution in [2.75, 3.05) is 22.3 Å². The zero-order valence-corrected chi connectivity index (χ0v) is 13.2. The summed E-state index contributed by atoms with van der Waals surface area (Å²) in [6.07, 6.45) is 7.42. The van der Waals surface area contributed by atoms with E-state index in [0.717, 1.165) is 36.9 Å². The normalized spacial score (nSPS) is 20.3. The van der Waals surface area contributed by atoms with Crippen LogP contribution < -0.4 is 10.0 Å². The molecule has 0 radical (unpaired) electrons. The third-order valence-electron chi connectivity index (χ3n) is 4.75. The monoisotopic (exact) mass is 308 g/mol. The summed E-state index contributed by atoms with van der Waals surface area (Å²) in [5, 5.41) is 0. The lowest BCUT2D eigenvalue weighted by atomic mass is 9.91. The number of sulfonamides is 1. The molecule has 1 saturated carbocycles. The first-order valence-electron chi connectivity index (χ1n) is 7.96. The van der Waals surface area contributed by atoms with Gasteiger partial charge in [-0.2, -0.15) is 0 Å². The third kappa shape index (κ3) is 3.03. The second-order valence-corrected chi connectivity index (χ2v) is 8.24. The number of fused-ring (bicyclic) bond motifs is 1. The van der Waals surface area contributed by atoms with E-state index in [1.807, 2.05) is 18.2 Å². The molecule has 1 aliphatic carbocycles. The van der Waals surface area contributed by atoms with Crippen molar-refractivity contribution in [1.29, 1.82) is 0 Å². The standard InChI is InChI=1S/C16H24N2O2S/c17-15-9-4-10-16-14(15)8-5-11-18(16)21(19,20)12-13-6-2-1-3-7-13/h4,9-10,13H,1-3,5-8,11-12,17H2. The van der Waals surface area contributed by atoms with Crippen LogP contribution in [0, 0.1) is 5.92 Å². The predicted molar refractivity (Wildman–Crippen MR) is 86.9 cm³/mol. The summed E-state index contributed by atoms with van der Waals surface area (Å²) in [6, 6.07) is 5.60. The highest BCUT2D eigenvalue weighted by molar-refractivity contribution is 7.92. The first-order valence-corrected chi connectivity index (χ1v) is 9.56. The molecule has 1 aromatic rings. The fourth-order valence-corrected chi connectivity index (χ4v) is 5.64. The van der Waals surface area contributed by atoms with Crippen LogP contribution in [0.1, 0.15) is 44.1 Å². The van der Waals surface area contributed by atoms with Crippen LogP contribution in [0.25, 0.3) is 0 Å². The van der Waals surface area contributed by atoms with Crippen molar-refractivity contribution < 1.29 is 8.42 Å². The first-order chi connectivity index (χ1) is 10.1. The van der Waals surface area contributed by atoms with Crippen molar-refractivity contribution in [2.45, 2.75) is 44.9 Å². The van der Waals surface area contributed by atoms with Gasteiger partial charge in [-0.3, -0.25) is 4.31 Å². The average Bonchev–Trinajstić information content (AvgIpc) is 2.48. The maximum absolute atomic E-state index is 12.8.